The van der Waals surface area contributed by atoms with Crippen LogP contribution in [-0.2, 0) is 27.9 Å². The van der Waals surface area contributed by atoms with Gasteiger partial charge in [-0.25, -0.2) is 13.8 Å². The number of fused-ring (bicyclic) bond motifs is 10. The number of hydrogen-bond donors (Lipinski definition) is 0. The molecule has 1 spiro atoms. The molecular formula is C39H38F2N6O4S. The lowest BCUT2D eigenvalue weighted by atomic mass is 10.00. The molecule has 1 aliphatic carbocycles. The molecule has 1 unspecified atom stereocenters. The number of nitrogens with zero attached hydrogens (tertiary/aromatic N) is 6. The van der Waals surface area contributed by atoms with Crippen LogP contribution in [-0.4, -0.2) is 68.3 Å². The first-order valence-corrected chi connectivity index (χ1v) is 18.2. The molecule has 4 aliphatic rings. The van der Waals surface area contributed by atoms with E-state index in [2.05, 4.69) is 17.7 Å². The van der Waals surface area contributed by atoms with Gasteiger partial charge in [0, 0.05) is 70.4 Å². The highest BCUT2D eigenvalue weighted by molar-refractivity contribution is 7.17. The predicted octanol–water partition coefficient (Wildman–Crippen LogP) is 8.08. The summed E-state index contributed by atoms with van der Waals surface area (Å²) in [7, 11) is 1.91. The molecule has 52 heavy (non-hydrogen) atoms. The zero-order valence-electron chi connectivity index (χ0n) is 29.0. The van der Waals surface area contributed by atoms with Gasteiger partial charge in [0.2, 0.25) is 5.91 Å². The van der Waals surface area contributed by atoms with Gasteiger partial charge in [0.05, 0.1) is 55.2 Å². The molecule has 0 radical (unpaired) electrons. The molecule has 13 heteroatoms. The summed E-state index contributed by atoms with van der Waals surface area (Å²) in [6.07, 6.45) is 9.84. The van der Waals surface area contributed by atoms with Crippen molar-refractivity contribution in [3.05, 3.63) is 89.8 Å². The van der Waals surface area contributed by atoms with Crippen molar-refractivity contribution in [1.82, 2.24) is 29.4 Å². The number of hydrogen-bond acceptors (Lipinski definition) is 8. The number of thiophene rings is 1. The third-order valence-corrected chi connectivity index (χ3v) is 11.2. The molecule has 2 bridgehead atoms. The van der Waals surface area contributed by atoms with E-state index in [0.717, 1.165) is 63.7 Å². The lowest BCUT2D eigenvalue weighted by Crippen LogP contribution is -2.40. The minimum absolute atomic E-state index is 0.0103. The number of aromatic nitrogens is 5. The van der Waals surface area contributed by atoms with Crippen LogP contribution in [0.2, 0.25) is 0 Å². The summed E-state index contributed by atoms with van der Waals surface area (Å²) in [6, 6.07) is 7.82. The smallest absolute Gasteiger partial charge is 0.246 e. The van der Waals surface area contributed by atoms with E-state index in [4.69, 9.17) is 24.3 Å². The monoisotopic (exact) mass is 724 g/mol. The molecule has 1 amide bonds. The number of carbonyl (C=O) groups excluding carboxylic acids is 1. The fourth-order valence-electron chi connectivity index (χ4n) is 7.09. The fraction of sp³-hybridized carbons (Fsp3) is 0.333. The highest BCUT2D eigenvalue weighted by Crippen LogP contribution is 2.50. The standard InChI is InChI=1S/C39H38F2N6O4S/c1-4-35(48)46-11-12-47-32(24(46)2)20-31(44-47)37-30-19-27(18-26(41)5-10-40)50-15-14-49-13-9-39(7-8-39)23-51-34-21-33-25(22-42-45(33)3)17-29(34)36(43-37)28-6-16-52-38(28)30/h4-6,10,16-22,24H,1,7-9,11-15,23H2,2-3H3/b10-5+,26-18+,27-19-. The average molecular weight is 725 g/mol. The van der Waals surface area contributed by atoms with Crippen LogP contribution in [0.25, 0.3) is 49.7 Å². The van der Waals surface area contributed by atoms with Gasteiger partial charge < -0.3 is 19.1 Å². The van der Waals surface area contributed by atoms with Crippen molar-refractivity contribution in [3.63, 3.8) is 0 Å². The first-order chi connectivity index (χ1) is 25.3. The minimum atomic E-state index is -0.811. The van der Waals surface area contributed by atoms with E-state index in [1.54, 1.807) is 11.0 Å². The molecule has 3 aliphatic heterocycles. The third kappa shape index (κ3) is 6.32. The first kappa shape index (κ1) is 34.0. The quantitative estimate of drug-likeness (QED) is 0.137. The van der Waals surface area contributed by atoms with Gasteiger partial charge in [-0.3, -0.25) is 14.2 Å². The Morgan fingerprint density at radius 2 is 1.98 bits per heavy atom. The van der Waals surface area contributed by atoms with Crippen LogP contribution in [0.1, 0.15) is 43.5 Å². The second-order valence-corrected chi connectivity index (χ2v) is 14.4. The predicted molar refractivity (Wildman–Crippen MR) is 197 cm³/mol. The molecule has 4 aromatic heterocycles. The molecule has 10 nitrogen and oxygen atoms in total. The molecule has 268 valence electrons. The summed E-state index contributed by atoms with van der Waals surface area (Å²) in [4.78, 5) is 19.9. The van der Waals surface area contributed by atoms with E-state index in [1.807, 2.05) is 53.1 Å². The number of carbonyl (C=O) groups is 1. The van der Waals surface area contributed by atoms with Gasteiger partial charge in [-0.2, -0.15) is 10.2 Å². The van der Waals surface area contributed by atoms with Crippen LogP contribution in [0.4, 0.5) is 8.78 Å². The summed E-state index contributed by atoms with van der Waals surface area (Å²) in [5.74, 6) is -0.0869. The number of benzene rings is 1. The first-order valence-electron chi connectivity index (χ1n) is 17.3. The molecule has 1 atom stereocenters. The van der Waals surface area contributed by atoms with Crippen LogP contribution >= 0.6 is 11.3 Å². The van der Waals surface area contributed by atoms with Gasteiger partial charge in [-0.1, -0.05) is 6.58 Å². The third-order valence-electron chi connectivity index (χ3n) is 10.3. The molecular weight excluding hydrogens is 687 g/mol. The van der Waals surface area contributed by atoms with Crippen molar-refractivity contribution in [2.24, 2.45) is 12.5 Å². The van der Waals surface area contributed by atoms with E-state index >= 15 is 0 Å². The van der Waals surface area contributed by atoms with Crippen molar-refractivity contribution >= 4 is 44.3 Å². The van der Waals surface area contributed by atoms with Crippen molar-refractivity contribution < 1.29 is 27.8 Å². The highest BCUT2D eigenvalue weighted by Gasteiger charge is 2.43. The summed E-state index contributed by atoms with van der Waals surface area (Å²) in [5.41, 5.74) is 5.08. The second-order valence-electron chi connectivity index (χ2n) is 13.5. The Kier molecular flexibility index (Phi) is 9.00. The maximum atomic E-state index is 14.9. The Hall–Kier alpha value is -5.14. The molecule has 7 heterocycles. The summed E-state index contributed by atoms with van der Waals surface area (Å²) < 4.78 is 51.4. The van der Waals surface area contributed by atoms with E-state index < -0.39 is 5.83 Å². The number of ether oxygens (including phenoxy) is 3. The van der Waals surface area contributed by atoms with Gasteiger partial charge in [0.1, 0.15) is 35.3 Å². The SMILES string of the molecule is C=CC(=O)N1CCn2nc(-c3nc4c5ccsc5c3/C=C(/C=C(F)\C=C\F)OCCOCCC3(CC3)COc3cc5c(cnn5C)cc3-4)cc2C1C. The van der Waals surface area contributed by atoms with Gasteiger partial charge in [0.25, 0.3) is 0 Å². The van der Waals surface area contributed by atoms with E-state index in [0.29, 0.717) is 54.7 Å². The molecule has 1 fully saturated rings. The molecule has 9 rings (SSSR count). The number of allylic oxidation sites excluding steroid dienone is 3. The zero-order chi connectivity index (χ0) is 36.0. The maximum Gasteiger partial charge on any atom is 0.246 e. The Balaban J connectivity index is 1.38. The van der Waals surface area contributed by atoms with E-state index in [1.165, 1.54) is 17.4 Å². The Morgan fingerprint density at radius 3 is 2.79 bits per heavy atom. The molecule has 1 saturated carbocycles. The number of rotatable bonds is 4. The Labute approximate surface area is 303 Å². The van der Waals surface area contributed by atoms with Crippen molar-refractivity contribution in [2.45, 2.75) is 38.8 Å². The molecule has 1 aromatic carbocycles. The van der Waals surface area contributed by atoms with E-state index in [-0.39, 0.29) is 42.7 Å². The van der Waals surface area contributed by atoms with Gasteiger partial charge in [-0.15, -0.1) is 11.3 Å². The molecule has 0 saturated heterocycles. The largest absolute Gasteiger partial charge is 0.492 e. The topological polar surface area (TPSA) is 96.5 Å². The lowest BCUT2D eigenvalue weighted by Gasteiger charge is -2.33. The van der Waals surface area contributed by atoms with Gasteiger partial charge >= 0.3 is 0 Å². The summed E-state index contributed by atoms with van der Waals surface area (Å²) >= 11 is 1.52. The Bertz CT molecular complexity index is 2300. The van der Waals surface area contributed by atoms with Crippen LogP contribution < -0.4 is 4.74 Å². The van der Waals surface area contributed by atoms with E-state index in [9.17, 15) is 13.6 Å². The maximum absolute atomic E-state index is 14.9. The lowest BCUT2D eigenvalue weighted by molar-refractivity contribution is -0.129. The van der Waals surface area contributed by atoms with Crippen molar-refractivity contribution in [1.29, 1.82) is 0 Å². The average Bonchev–Trinajstić information content (AvgIpc) is 3.43. The summed E-state index contributed by atoms with van der Waals surface area (Å²) in [6.45, 7) is 8.13. The number of pyridine rings is 1. The normalized spacial score (nSPS) is 20.3. The second kappa shape index (κ2) is 13.8. The van der Waals surface area contributed by atoms with Gasteiger partial charge in [-0.05, 0) is 61.9 Å². The van der Waals surface area contributed by atoms with Crippen LogP contribution in [0.15, 0.2) is 78.6 Å². The molecule has 0 N–H and O–H groups in total. The number of aryl methyl sites for hydroxylation is 1. The number of halogens is 2. The Morgan fingerprint density at radius 1 is 1.12 bits per heavy atom. The van der Waals surface area contributed by atoms with Crippen LogP contribution in [0.3, 0.4) is 0 Å². The van der Waals surface area contributed by atoms with Crippen molar-refractivity contribution in [2.75, 3.05) is 33.0 Å². The minimum Gasteiger partial charge on any atom is -0.492 e. The van der Waals surface area contributed by atoms with Crippen molar-refractivity contribution in [3.8, 4) is 28.4 Å². The van der Waals surface area contributed by atoms with Gasteiger partial charge in [0.15, 0.2) is 0 Å². The van der Waals surface area contributed by atoms with Crippen LogP contribution in [0.5, 0.6) is 5.75 Å². The summed E-state index contributed by atoms with van der Waals surface area (Å²) in [5, 5.41) is 13.3. The van der Waals surface area contributed by atoms with Crippen LogP contribution in [0, 0.1) is 5.41 Å². The number of amides is 1. The highest BCUT2D eigenvalue weighted by atomic mass is 32.1. The molecule has 5 aromatic rings. The fourth-order valence-corrected chi connectivity index (χ4v) is 8.01. The zero-order valence-corrected chi connectivity index (χ0v) is 29.8.